The number of carbonyl (C=O) groups is 1. The quantitative estimate of drug-likeness (QED) is 0.656. The van der Waals surface area contributed by atoms with E-state index < -0.39 is 0 Å². The molecule has 0 radical (unpaired) electrons. The number of carbonyl (C=O) groups excluding carboxylic acids is 1. The Morgan fingerprint density at radius 3 is 3.05 bits per heavy atom. The van der Waals surface area contributed by atoms with Crippen molar-refractivity contribution in [2.24, 2.45) is 0 Å². The molecule has 2 unspecified atom stereocenters. The van der Waals surface area contributed by atoms with E-state index in [1.807, 2.05) is 36.0 Å². The average molecular weight is 276 g/mol. The Kier molecular flexibility index (Phi) is 4.91. The minimum absolute atomic E-state index is 0.0200. The van der Waals surface area contributed by atoms with Gasteiger partial charge in [-0.15, -0.1) is 0 Å². The molecule has 4 heteroatoms. The van der Waals surface area contributed by atoms with Crippen LogP contribution in [0.3, 0.4) is 0 Å². The van der Waals surface area contributed by atoms with Crippen molar-refractivity contribution in [2.45, 2.75) is 30.6 Å². The third-order valence-electron chi connectivity index (χ3n) is 3.42. The summed E-state index contributed by atoms with van der Waals surface area (Å²) in [5, 5.41) is 3.65. The standard InChI is InChI=1S/C15H20N2OS/c1-19-14-7-3-6-13(14)17-15(18)9-8-11-4-2-5-12(16)10-11/h2,4-5,8-10,13-14H,3,6-7,16H2,1H3,(H,17,18)/b9-8+. The number of nitrogens with one attached hydrogen (secondary N) is 1. The second-order valence-corrected chi connectivity index (χ2v) is 5.90. The fourth-order valence-corrected chi connectivity index (χ4v) is 3.37. The minimum Gasteiger partial charge on any atom is -0.399 e. The van der Waals surface area contributed by atoms with E-state index in [1.165, 1.54) is 12.8 Å². The summed E-state index contributed by atoms with van der Waals surface area (Å²) in [6.07, 6.45) is 8.99. The van der Waals surface area contributed by atoms with E-state index in [1.54, 1.807) is 12.2 Å². The molecule has 1 aromatic rings. The highest BCUT2D eigenvalue weighted by Crippen LogP contribution is 2.28. The molecular weight excluding hydrogens is 256 g/mol. The molecule has 1 fully saturated rings. The monoisotopic (exact) mass is 276 g/mol. The first kappa shape index (κ1) is 14.0. The minimum atomic E-state index is -0.0200. The number of rotatable bonds is 4. The number of benzene rings is 1. The zero-order valence-electron chi connectivity index (χ0n) is 11.1. The lowest BCUT2D eigenvalue weighted by Gasteiger charge is -2.17. The zero-order valence-corrected chi connectivity index (χ0v) is 12.0. The maximum atomic E-state index is 11.9. The number of anilines is 1. The highest BCUT2D eigenvalue weighted by molar-refractivity contribution is 7.99. The van der Waals surface area contributed by atoms with Gasteiger partial charge in [-0.2, -0.15) is 11.8 Å². The molecule has 0 saturated heterocycles. The van der Waals surface area contributed by atoms with Gasteiger partial charge in [0.15, 0.2) is 0 Å². The fraction of sp³-hybridized carbons (Fsp3) is 0.400. The predicted molar refractivity (Wildman–Crippen MR) is 83.0 cm³/mol. The fourth-order valence-electron chi connectivity index (χ4n) is 2.44. The lowest BCUT2D eigenvalue weighted by Crippen LogP contribution is -2.37. The largest absolute Gasteiger partial charge is 0.399 e. The van der Waals surface area contributed by atoms with Crippen LogP contribution in [-0.2, 0) is 4.79 Å². The van der Waals surface area contributed by atoms with Crippen molar-refractivity contribution in [1.82, 2.24) is 5.32 Å². The molecule has 0 aromatic heterocycles. The third-order valence-corrected chi connectivity index (χ3v) is 4.59. The molecule has 0 bridgehead atoms. The molecule has 0 heterocycles. The predicted octanol–water partition coefficient (Wildman–Crippen LogP) is 2.68. The van der Waals surface area contributed by atoms with E-state index in [2.05, 4.69) is 11.6 Å². The maximum Gasteiger partial charge on any atom is 0.244 e. The Balaban J connectivity index is 1.90. The van der Waals surface area contributed by atoms with Crippen LogP contribution in [0, 0.1) is 0 Å². The van der Waals surface area contributed by atoms with E-state index >= 15 is 0 Å². The molecule has 3 N–H and O–H groups in total. The van der Waals surface area contributed by atoms with Gasteiger partial charge in [0.1, 0.15) is 0 Å². The van der Waals surface area contributed by atoms with E-state index in [9.17, 15) is 4.79 Å². The van der Waals surface area contributed by atoms with Gasteiger partial charge in [-0.3, -0.25) is 4.79 Å². The molecule has 19 heavy (non-hydrogen) atoms. The van der Waals surface area contributed by atoms with Crippen molar-refractivity contribution in [3.8, 4) is 0 Å². The number of amides is 1. The Bertz CT molecular complexity index is 473. The molecule has 1 aliphatic carbocycles. The molecule has 1 aliphatic rings. The van der Waals surface area contributed by atoms with Gasteiger partial charge < -0.3 is 11.1 Å². The molecule has 2 atom stereocenters. The maximum absolute atomic E-state index is 11.9. The van der Waals surface area contributed by atoms with Gasteiger partial charge in [-0.25, -0.2) is 0 Å². The second kappa shape index (κ2) is 6.66. The summed E-state index contributed by atoms with van der Waals surface area (Å²) in [5.74, 6) is -0.0200. The van der Waals surface area contributed by atoms with Crippen LogP contribution >= 0.6 is 11.8 Å². The van der Waals surface area contributed by atoms with Crippen LogP contribution in [-0.4, -0.2) is 23.5 Å². The number of hydrogen-bond donors (Lipinski definition) is 2. The summed E-state index contributed by atoms with van der Waals surface area (Å²) in [4.78, 5) is 11.9. The SMILES string of the molecule is CSC1CCCC1NC(=O)/C=C/c1cccc(N)c1. The van der Waals surface area contributed by atoms with Gasteiger partial charge in [-0.1, -0.05) is 18.6 Å². The summed E-state index contributed by atoms with van der Waals surface area (Å²) in [6.45, 7) is 0. The zero-order chi connectivity index (χ0) is 13.7. The Morgan fingerprint density at radius 2 is 2.32 bits per heavy atom. The van der Waals surface area contributed by atoms with Crippen molar-refractivity contribution >= 4 is 29.4 Å². The molecule has 0 spiro atoms. The first-order chi connectivity index (χ1) is 9.19. The van der Waals surface area contributed by atoms with Crippen molar-refractivity contribution in [3.63, 3.8) is 0 Å². The van der Waals surface area contributed by atoms with Gasteiger partial charge in [-0.05, 0) is 42.9 Å². The summed E-state index contributed by atoms with van der Waals surface area (Å²) in [6, 6.07) is 7.81. The van der Waals surface area contributed by atoms with E-state index in [-0.39, 0.29) is 5.91 Å². The number of nitrogens with two attached hydrogens (primary N) is 1. The Morgan fingerprint density at radius 1 is 1.47 bits per heavy atom. The van der Waals surface area contributed by atoms with Crippen molar-refractivity contribution < 1.29 is 4.79 Å². The summed E-state index contributed by atoms with van der Waals surface area (Å²) in [5.41, 5.74) is 7.35. The van der Waals surface area contributed by atoms with Crippen molar-refractivity contribution in [2.75, 3.05) is 12.0 Å². The summed E-state index contributed by atoms with van der Waals surface area (Å²) in [7, 11) is 0. The van der Waals surface area contributed by atoms with Crippen molar-refractivity contribution in [3.05, 3.63) is 35.9 Å². The van der Waals surface area contributed by atoms with Crippen LogP contribution in [0.4, 0.5) is 5.69 Å². The molecular formula is C15H20N2OS. The second-order valence-electron chi connectivity index (χ2n) is 4.82. The van der Waals surface area contributed by atoms with Gasteiger partial charge in [0, 0.05) is 23.1 Å². The molecule has 1 amide bonds. The Hall–Kier alpha value is -1.42. The lowest BCUT2D eigenvalue weighted by molar-refractivity contribution is -0.117. The topological polar surface area (TPSA) is 55.1 Å². The summed E-state index contributed by atoms with van der Waals surface area (Å²) < 4.78 is 0. The molecule has 0 aliphatic heterocycles. The number of hydrogen-bond acceptors (Lipinski definition) is 3. The summed E-state index contributed by atoms with van der Waals surface area (Å²) >= 11 is 1.84. The van der Waals surface area contributed by atoms with Crippen molar-refractivity contribution in [1.29, 1.82) is 0 Å². The Labute approximate surface area is 118 Å². The average Bonchev–Trinajstić information content (AvgIpc) is 2.84. The van der Waals surface area contributed by atoms with Gasteiger partial charge >= 0.3 is 0 Å². The molecule has 102 valence electrons. The van der Waals surface area contributed by atoms with E-state index in [4.69, 9.17) is 5.73 Å². The number of nitrogen functional groups attached to an aromatic ring is 1. The first-order valence-electron chi connectivity index (χ1n) is 6.56. The lowest BCUT2D eigenvalue weighted by atomic mass is 10.2. The van der Waals surface area contributed by atoms with E-state index in [0.29, 0.717) is 17.0 Å². The highest BCUT2D eigenvalue weighted by atomic mass is 32.2. The normalized spacial score (nSPS) is 22.8. The van der Waals surface area contributed by atoms with Gasteiger partial charge in [0.25, 0.3) is 0 Å². The van der Waals surface area contributed by atoms with Gasteiger partial charge in [0.2, 0.25) is 5.91 Å². The smallest absolute Gasteiger partial charge is 0.244 e. The molecule has 2 rings (SSSR count). The van der Waals surface area contributed by atoms with Gasteiger partial charge in [0.05, 0.1) is 0 Å². The highest BCUT2D eigenvalue weighted by Gasteiger charge is 2.26. The third kappa shape index (κ3) is 4.03. The molecule has 3 nitrogen and oxygen atoms in total. The van der Waals surface area contributed by atoms with Crippen LogP contribution < -0.4 is 11.1 Å². The molecule has 1 saturated carbocycles. The van der Waals surface area contributed by atoms with Crippen LogP contribution in [0.2, 0.25) is 0 Å². The number of thioether (sulfide) groups is 1. The van der Waals surface area contributed by atoms with Crippen LogP contribution in [0.15, 0.2) is 30.3 Å². The van der Waals surface area contributed by atoms with E-state index in [0.717, 1.165) is 12.0 Å². The van der Waals surface area contributed by atoms with Crippen LogP contribution in [0.25, 0.3) is 6.08 Å². The van der Waals surface area contributed by atoms with Crippen LogP contribution in [0.1, 0.15) is 24.8 Å². The molecule has 1 aromatic carbocycles. The van der Waals surface area contributed by atoms with Crippen LogP contribution in [0.5, 0.6) is 0 Å². The first-order valence-corrected chi connectivity index (χ1v) is 7.85.